The number of hydrogen-bond donors (Lipinski definition) is 0. The summed E-state index contributed by atoms with van der Waals surface area (Å²) in [4.78, 5) is 13.7. The molecule has 0 saturated carbocycles. The molecule has 166 valence electrons. The Hall–Kier alpha value is -1.72. The van der Waals surface area contributed by atoms with E-state index >= 15 is 0 Å². The largest absolute Gasteiger partial charge is 0.497 e. The van der Waals surface area contributed by atoms with Crippen molar-refractivity contribution >= 4 is 44.4 Å². The molecule has 0 saturated heterocycles. The van der Waals surface area contributed by atoms with E-state index in [2.05, 4.69) is 77.7 Å². The van der Waals surface area contributed by atoms with Gasteiger partial charge in [0.25, 0.3) is 0 Å². The SMILES string of the molecule is COc1ccc2c(c1)c(SC(C)(C)C)c(CC(C)(C)C(C)=O)n2Cc1ccc(Br)cc1. The van der Waals surface area contributed by atoms with Crippen LogP contribution in [0.1, 0.15) is 52.8 Å². The van der Waals surface area contributed by atoms with E-state index in [1.807, 2.05) is 31.7 Å². The van der Waals surface area contributed by atoms with Crippen molar-refractivity contribution in [2.45, 2.75) is 64.2 Å². The van der Waals surface area contributed by atoms with Crippen LogP contribution in [0.25, 0.3) is 10.9 Å². The molecule has 0 N–H and O–H groups in total. The highest BCUT2D eigenvalue weighted by Gasteiger charge is 2.30. The molecule has 0 atom stereocenters. The zero-order chi connectivity index (χ0) is 23.0. The second kappa shape index (κ2) is 9.03. The maximum Gasteiger partial charge on any atom is 0.135 e. The third kappa shape index (κ3) is 5.56. The number of thioether (sulfide) groups is 1. The van der Waals surface area contributed by atoms with E-state index in [-0.39, 0.29) is 10.5 Å². The van der Waals surface area contributed by atoms with Gasteiger partial charge in [0.15, 0.2) is 0 Å². The molecule has 0 fully saturated rings. The normalized spacial score (nSPS) is 12.4. The van der Waals surface area contributed by atoms with Gasteiger partial charge in [-0.2, -0.15) is 0 Å². The predicted octanol–water partition coefficient (Wildman–Crippen LogP) is 7.51. The Balaban J connectivity index is 2.28. The van der Waals surface area contributed by atoms with Crippen LogP contribution in [0.3, 0.4) is 0 Å². The summed E-state index contributed by atoms with van der Waals surface area (Å²) < 4.78 is 9.04. The average molecular weight is 503 g/mol. The Morgan fingerprint density at radius 2 is 1.71 bits per heavy atom. The van der Waals surface area contributed by atoms with Crippen molar-refractivity contribution in [2.24, 2.45) is 5.41 Å². The van der Waals surface area contributed by atoms with Gasteiger partial charge in [0, 0.05) is 49.1 Å². The third-order valence-corrected chi connectivity index (χ3v) is 7.35. The van der Waals surface area contributed by atoms with Gasteiger partial charge in [-0.15, -0.1) is 11.8 Å². The second-order valence-electron chi connectivity index (χ2n) is 9.70. The van der Waals surface area contributed by atoms with Gasteiger partial charge in [-0.05, 0) is 42.8 Å². The van der Waals surface area contributed by atoms with Crippen molar-refractivity contribution in [3.05, 3.63) is 58.2 Å². The first-order chi connectivity index (χ1) is 14.4. The van der Waals surface area contributed by atoms with Crippen molar-refractivity contribution in [1.29, 1.82) is 0 Å². The Labute approximate surface area is 198 Å². The number of aromatic nitrogens is 1. The Morgan fingerprint density at radius 1 is 1.06 bits per heavy atom. The zero-order valence-electron chi connectivity index (χ0n) is 19.5. The lowest BCUT2D eigenvalue weighted by molar-refractivity contribution is -0.124. The average Bonchev–Trinajstić information content (AvgIpc) is 2.94. The van der Waals surface area contributed by atoms with Crippen LogP contribution in [-0.4, -0.2) is 22.2 Å². The van der Waals surface area contributed by atoms with E-state index in [9.17, 15) is 4.79 Å². The molecule has 5 heteroatoms. The van der Waals surface area contributed by atoms with E-state index in [0.29, 0.717) is 6.42 Å². The van der Waals surface area contributed by atoms with Crippen LogP contribution in [0.5, 0.6) is 5.75 Å². The van der Waals surface area contributed by atoms with Crippen LogP contribution in [0.15, 0.2) is 51.8 Å². The van der Waals surface area contributed by atoms with E-state index in [0.717, 1.165) is 16.8 Å². The standard InChI is InChI=1S/C26H32BrNO2S/c1-17(29)26(5,6)15-23-24(31-25(2,3)4)21-14-20(30-7)12-13-22(21)28(23)16-18-8-10-19(27)11-9-18/h8-14H,15-16H2,1-7H3. The molecule has 0 amide bonds. The maximum absolute atomic E-state index is 12.4. The van der Waals surface area contributed by atoms with Gasteiger partial charge in [0.2, 0.25) is 0 Å². The number of ether oxygens (including phenoxy) is 1. The van der Waals surface area contributed by atoms with Crippen molar-refractivity contribution in [3.63, 3.8) is 0 Å². The lowest BCUT2D eigenvalue weighted by atomic mass is 9.84. The summed E-state index contributed by atoms with van der Waals surface area (Å²) in [6.07, 6.45) is 0.689. The van der Waals surface area contributed by atoms with Gasteiger partial charge >= 0.3 is 0 Å². The first kappa shape index (κ1) is 23.9. The second-order valence-corrected chi connectivity index (χ2v) is 12.5. The number of ketones is 1. The molecule has 0 aliphatic carbocycles. The minimum Gasteiger partial charge on any atom is -0.497 e. The minimum absolute atomic E-state index is 0.0366. The lowest BCUT2D eigenvalue weighted by Crippen LogP contribution is -2.26. The van der Waals surface area contributed by atoms with Crippen molar-refractivity contribution < 1.29 is 9.53 Å². The van der Waals surface area contributed by atoms with Crippen LogP contribution >= 0.6 is 27.7 Å². The van der Waals surface area contributed by atoms with Gasteiger partial charge in [-0.25, -0.2) is 0 Å². The summed E-state index contributed by atoms with van der Waals surface area (Å²) in [5, 5.41) is 1.19. The summed E-state index contributed by atoms with van der Waals surface area (Å²) in [5.41, 5.74) is 3.17. The van der Waals surface area contributed by atoms with Crippen LogP contribution in [0.2, 0.25) is 0 Å². The van der Waals surface area contributed by atoms with Crippen LogP contribution < -0.4 is 4.74 Å². The zero-order valence-corrected chi connectivity index (χ0v) is 21.9. The topological polar surface area (TPSA) is 31.2 Å². The number of benzene rings is 2. The molecule has 3 nitrogen and oxygen atoms in total. The number of rotatable bonds is 7. The van der Waals surface area contributed by atoms with Crippen molar-refractivity contribution in [1.82, 2.24) is 4.57 Å². The molecule has 3 rings (SSSR count). The summed E-state index contributed by atoms with van der Waals surface area (Å²) in [5.74, 6) is 1.05. The molecule has 31 heavy (non-hydrogen) atoms. The molecule has 1 heterocycles. The molecule has 3 aromatic rings. The molecular weight excluding hydrogens is 470 g/mol. The summed E-state index contributed by atoms with van der Waals surface area (Å²) in [7, 11) is 1.70. The minimum atomic E-state index is -0.441. The van der Waals surface area contributed by atoms with Crippen LogP contribution in [-0.2, 0) is 17.8 Å². The van der Waals surface area contributed by atoms with Gasteiger partial charge in [-0.1, -0.05) is 62.7 Å². The number of methoxy groups -OCH3 is 1. The molecule has 0 unspecified atom stereocenters. The van der Waals surface area contributed by atoms with Gasteiger partial charge < -0.3 is 9.30 Å². The highest BCUT2D eigenvalue weighted by molar-refractivity contribution is 9.10. The molecule has 0 spiro atoms. The number of Topliss-reactive ketones (excluding diaryl/α,β-unsaturated/α-hetero) is 1. The Morgan fingerprint density at radius 3 is 2.26 bits per heavy atom. The molecule has 0 aliphatic rings. The van der Waals surface area contributed by atoms with Gasteiger partial charge in [0.05, 0.1) is 7.11 Å². The molecule has 2 aromatic carbocycles. The number of carbonyl (C=O) groups is 1. The van der Waals surface area contributed by atoms with E-state index in [1.54, 1.807) is 14.0 Å². The van der Waals surface area contributed by atoms with E-state index in [4.69, 9.17) is 4.74 Å². The molecule has 0 bridgehead atoms. The summed E-state index contributed by atoms with van der Waals surface area (Å²) in [6.45, 7) is 13.2. The summed E-state index contributed by atoms with van der Waals surface area (Å²) in [6, 6.07) is 14.7. The number of halogens is 1. The van der Waals surface area contributed by atoms with Gasteiger partial charge in [-0.3, -0.25) is 4.79 Å². The van der Waals surface area contributed by atoms with Crippen molar-refractivity contribution in [3.8, 4) is 5.75 Å². The first-order valence-electron chi connectivity index (χ1n) is 10.5. The highest BCUT2D eigenvalue weighted by Crippen LogP contribution is 2.44. The highest BCUT2D eigenvalue weighted by atomic mass is 79.9. The molecular formula is C26H32BrNO2S. The number of hydrogen-bond acceptors (Lipinski definition) is 3. The smallest absolute Gasteiger partial charge is 0.135 e. The monoisotopic (exact) mass is 501 g/mol. The van der Waals surface area contributed by atoms with Crippen LogP contribution in [0, 0.1) is 5.41 Å². The van der Waals surface area contributed by atoms with E-state index < -0.39 is 5.41 Å². The summed E-state index contributed by atoms with van der Waals surface area (Å²) >= 11 is 5.40. The number of carbonyl (C=O) groups excluding carboxylic acids is 1. The maximum atomic E-state index is 12.4. The third-order valence-electron chi connectivity index (χ3n) is 5.55. The number of fused-ring (bicyclic) bond motifs is 1. The fraction of sp³-hybridized carbons (Fsp3) is 0.423. The molecule has 1 aromatic heterocycles. The van der Waals surface area contributed by atoms with Crippen molar-refractivity contribution in [2.75, 3.05) is 7.11 Å². The fourth-order valence-corrected chi connectivity index (χ4v) is 5.02. The fourth-order valence-electron chi connectivity index (χ4n) is 3.57. The quantitative estimate of drug-likeness (QED) is 0.313. The molecule has 0 radical (unpaired) electrons. The Kier molecular flexibility index (Phi) is 6.97. The predicted molar refractivity (Wildman–Crippen MR) is 136 cm³/mol. The lowest BCUT2D eigenvalue weighted by Gasteiger charge is -2.25. The Bertz CT molecular complexity index is 1090. The first-order valence-corrected chi connectivity index (χ1v) is 12.2. The number of nitrogens with zero attached hydrogens (tertiary/aromatic N) is 1. The van der Waals surface area contributed by atoms with Crippen LogP contribution in [0.4, 0.5) is 0 Å². The molecule has 0 aliphatic heterocycles. The van der Waals surface area contributed by atoms with Gasteiger partial charge in [0.1, 0.15) is 11.5 Å². The van der Waals surface area contributed by atoms with E-state index in [1.165, 1.54) is 27.1 Å².